The van der Waals surface area contributed by atoms with Crippen LogP contribution in [0, 0.1) is 12.8 Å². The van der Waals surface area contributed by atoms with Gasteiger partial charge >= 0.3 is 0 Å². The molecule has 4 rings (SSSR count). The summed E-state index contributed by atoms with van der Waals surface area (Å²) in [6, 6.07) is 0. The van der Waals surface area contributed by atoms with Gasteiger partial charge in [-0.15, -0.1) is 0 Å². The van der Waals surface area contributed by atoms with Gasteiger partial charge < -0.3 is 10.0 Å². The molecule has 1 aliphatic carbocycles. The lowest BCUT2D eigenvalue weighted by molar-refractivity contribution is -0.135. The number of amides is 2. The molecule has 3 aliphatic rings. The molecule has 0 aromatic carbocycles. The number of anilines is 1. The Bertz CT molecular complexity index is 776. The van der Waals surface area contributed by atoms with Crippen molar-refractivity contribution >= 4 is 17.6 Å². The smallest absolute Gasteiger partial charge is 0.248 e. The molecule has 0 unspecified atom stereocenters. The predicted molar refractivity (Wildman–Crippen MR) is 110 cm³/mol. The third-order valence-electron chi connectivity index (χ3n) is 6.79. The van der Waals surface area contributed by atoms with Gasteiger partial charge in [-0.25, -0.2) is 9.97 Å². The van der Waals surface area contributed by atoms with Crippen molar-refractivity contribution in [1.29, 1.82) is 0 Å². The summed E-state index contributed by atoms with van der Waals surface area (Å²) in [5.41, 5.74) is 2.06. The number of aryl methyl sites for hydroxylation is 1. The maximum absolute atomic E-state index is 12.8. The molecule has 1 aromatic rings. The van der Waals surface area contributed by atoms with Crippen LogP contribution < -0.4 is 4.90 Å². The Labute approximate surface area is 172 Å². The largest absolute Gasteiger partial charge is 0.387 e. The number of carbonyl (C=O) groups is 2. The number of hydrogen-bond donors (Lipinski definition) is 1. The van der Waals surface area contributed by atoms with Crippen molar-refractivity contribution in [3.05, 3.63) is 17.1 Å². The zero-order valence-electron chi connectivity index (χ0n) is 17.4. The van der Waals surface area contributed by atoms with E-state index in [1.165, 1.54) is 32.1 Å². The molecule has 3 heterocycles. The third-order valence-corrected chi connectivity index (χ3v) is 6.79. The maximum Gasteiger partial charge on any atom is 0.248 e. The molecule has 0 spiro atoms. The van der Waals surface area contributed by atoms with Crippen LogP contribution in [-0.2, 0) is 16.0 Å². The summed E-state index contributed by atoms with van der Waals surface area (Å²) >= 11 is 0. The summed E-state index contributed by atoms with van der Waals surface area (Å²) in [5, 5.41) is 9.20. The number of hydrogen-bond acceptors (Lipinski definition) is 5. The van der Waals surface area contributed by atoms with Crippen LogP contribution >= 0.6 is 0 Å². The number of aliphatic hydroxyl groups excluding tert-OH is 1. The molecule has 1 saturated heterocycles. The molecule has 2 aliphatic heterocycles. The molecule has 1 saturated carbocycles. The van der Waals surface area contributed by atoms with Crippen LogP contribution in [0.1, 0.15) is 74.4 Å². The third kappa shape index (κ3) is 4.29. The minimum atomic E-state index is -0.458. The first-order valence-corrected chi connectivity index (χ1v) is 11.1. The molecule has 2 amide bonds. The monoisotopic (exact) mass is 400 g/mol. The van der Waals surface area contributed by atoms with Gasteiger partial charge in [0, 0.05) is 43.2 Å². The van der Waals surface area contributed by atoms with E-state index in [2.05, 4.69) is 0 Å². The van der Waals surface area contributed by atoms with Gasteiger partial charge in [-0.2, -0.15) is 0 Å². The van der Waals surface area contributed by atoms with E-state index in [4.69, 9.17) is 9.97 Å². The zero-order chi connectivity index (χ0) is 20.4. The van der Waals surface area contributed by atoms with Crippen LogP contribution in [0.25, 0.3) is 0 Å². The highest BCUT2D eigenvalue weighted by molar-refractivity contribution is 5.95. The van der Waals surface area contributed by atoms with Crippen molar-refractivity contribution in [2.45, 2.75) is 70.6 Å². The Morgan fingerprint density at radius 2 is 1.90 bits per heavy atom. The second-order valence-corrected chi connectivity index (χ2v) is 8.81. The van der Waals surface area contributed by atoms with E-state index in [9.17, 15) is 14.7 Å². The molecule has 2 fully saturated rings. The zero-order valence-corrected chi connectivity index (χ0v) is 17.4. The normalized spacial score (nSPS) is 23.2. The number of rotatable bonds is 4. The highest BCUT2D eigenvalue weighted by Crippen LogP contribution is 2.34. The number of aromatic nitrogens is 2. The van der Waals surface area contributed by atoms with Gasteiger partial charge in [-0.1, -0.05) is 19.3 Å². The molecule has 158 valence electrons. The van der Waals surface area contributed by atoms with Crippen molar-refractivity contribution in [1.82, 2.24) is 14.9 Å². The lowest BCUT2D eigenvalue weighted by Crippen LogP contribution is -2.42. The fourth-order valence-corrected chi connectivity index (χ4v) is 5.12. The van der Waals surface area contributed by atoms with E-state index >= 15 is 0 Å². The Morgan fingerprint density at radius 1 is 1.10 bits per heavy atom. The number of likely N-dealkylation sites (tertiary alicyclic amines) is 1. The van der Waals surface area contributed by atoms with Gasteiger partial charge in [0.05, 0.1) is 0 Å². The molecule has 7 nitrogen and oxygen atoms in total. The van der Waals surface area contributed by atoms with Crippen molar-refractivity contribution in [3.8, 4) is 0 Å². The lowest BCUT2D eigenvalue weighted by Gasteiger charge is -2.35. The summed E-state index contributed by atoms with van der Waals surface area (Å²) in [7, 11) is 0. The van der Waals surface area contributed by atoms with Crippen LogP contribution in [-0.4, -0.2) is 58.0 Å². The molecule has 7 heteroatoms. The Morgan fingerprint density at radius 3 is 2.66 bits per heavy atom. The number of carbonyl (C=O) groups excluding carboxylic acids is 2. The van der Waals surface area contributed by atoms with Crippen LogP contribution in [0.2, 0.25) is 0 Å². The van der Waals surface area contributed by atoms with Gasteiger partial charge in [0.25, 0.3) is 0 Å². The Balaban J connectivity index is 1.60. The first-order chi connectivity index (χ1) is 14.1. The number of nitrogens with zero attached hydrogens (tertiary/aromatic N) is 4. The Hall–Kier alpha value is -2.02. The molecule has 1 atom stereocenters. The highest BCUT2D eigenvalue weighted by Gasteiger charge is 2.33. The first kappa shape index (κ1) is 20.3. The maximum atomic E-state index is 12.8. The molecule has 1 aromatic heterocycles. The summed E-state index contributed by atoms with van der Waals surface area (Å²) in [6.07, 6.45) is 9.23. The molecule has 0 radical (unpaired) electrons. The number of aliphatic hydroxyl groups is 1. The van der Waals surface area contributed by atoms with Crippen molar-refractivity contribution < 1.29 is 14.7 Å². The number of fused-ring (bicyclic) bond motifs is 1. The van der Waals surface area contributed by atoms with E-state index in [1.807, 2.05) is 11.8 Å². The Kier molecular flexibility index (Phi) is 6.13. The molecular weight excluding hydrogens is 368 g/mol. The standard InChI is InChI=1S/C22H32N4O3/c1-15-18-9-10-19(28)26(12-16-6-3-2-4-7-16)22(18)24-21(23-15)17-8-5-11-25(13-17)20(29)14-27/h16-17,27H,2-14H2,1H3/t17-/m1/s1. The topological polar surface area (TPSA) is 86.6 Å². The average molecular weight is 401 g/mol. The summed E-state index contributed by atoms with van der Waals surface area (Å²) in [6.45, 7) is 3.53. The van der Waals surface area contributed by atoms with E-state index in [0.29, 0.717) is 31.8 Å². The minimum Gasteiger partial charge on any atom is -0.387 e. The van der Waals surface area contributed by atoms with E-state index in [-0.39, 0.29) is 17.7 Å². The van der Waals surface area contributed by atoms with Crippen LogP contribution in [0.3, 0.4) is 0 Å². The fraction of sp³-hybridized carbons (Fsp3) is 0.727. The summed E-state index contributed by atoms with van der Waals surface area (Å²) in [5.74, 6) is 2.09. The van der Waals surface area contributed by atoms with E-state index < -0.39 is 6.61 Å². The van der Waals surface area contributed by atoms with Crippen molar-refractivity contribution in [2.75, 3.05) is 31.1 Å². The quantitative estimate of drug-likeness (QED) is 0.838. The van der Waals surface area contributed by atoms with Gasteiger partial charge in [-0.3, -0.25) is 14.5 Å². The lowest BCUT2D eigenvalue weighted by atomic mass is 9.88. The number of piperidine rings is 1. The van der Waals surface area contributed by atoms with Gasteiger partial charge in [0.1, 0.15) is 18.2 Å². The van der Waals surface area contributed by atoms with Crippen molar-refractivity contribution in [3.63, 3.8) is 0 Å². The molecule has 1 N–H and O–H groups in total. The molecule has 0 bridgehead atoms. The van der Waals surface area contributed by atoms with Crippen LogP contribution in [0.4, 0.5) is 5.82 Å². The van der Waals surface area contributed by atoms with Gasteiger partial charge in [0.15, 0.2) is 0 Å². The van der Waals surface area contributed by atoms with Gasteiger partial charge in [0.2, 0.25) is 11.8 Å². The van der Waals surface area contributed by atoms with Crippen LogP contribution in [0.15, 0.2) is 0 Å². The second kappa shape index (κ2) is 8.78. The van der Waals surface area contributed by atoms with E-state index in [0.717, 1.165) is 42.3 Å². The van der Waals surface area contributed by atoms with Crippen LogP contribution in [0.5, 0.6) is 0 Å². The molecular formula is C22H32N4O3. The fourth-order valence-electron chi connectivity index (χ4n) is 5.12. The van der Waals surface area contributed by atoms with E-state index in [1.54, 1.807) is 4.90 Å². The van der Waals surface area contributed by atoms with Gasteiger partial charge in [-0.05, 0) is 44.9 Å². The van der Waals surface area contributed by atoms with Crippen molar-refractivity contribution in [2.24, 2.45) is 5.92 Å². The molecule has 29 heavy (non-hydrogen) atoms. The highest BCUT2D eigenvalue weighted by atomic mass is 16.3. The predicted octanol–water partition coefficient (Wildman–Crippen LogP) is 2.34. The average Bonchev–Trinajstić information content (AvgIpc) is 2.76. The first-order valence-electron chi connectivity index (χ1n) is 11.1. The minimum absolute atomic E-state index is 0.0526. The second-order valence-electron chi connectivity index (χ2n) is 8.81. The summed E-state index contributed by atoms with van der Waals surface area (Å²) < 4.78 is 0. The SMILES string of the molecule is Cc1nc([C@@H]2CCCN(C(=O)CO)C2)nc2c1CCC(=O)N2CC1CCCCC1. The summed E-state index contributed by atoms with van der Waals surface area (Å²) in [4.78, 5) is 38.1.